The molecule has 0 amide bonds. The molecule has 106 valence electrons. The van der Waals surface area contributed by atoms with Gasteiger partial charge in [-0.3, -0.25) is 0 Å². The number of halogens is 1. The summed E-state index contributed by atoms with van der Waals surface area (Å²) in [6.45, 7) is 3.11. The Labute approximate surface area is 125 Å². The maximum Gasteiger partial charge on any atom is 0.123 e. The van der Waals surface area contributed by atoms with Gasteiger partial charge in [-0.2, -0.15) is 11.8 Å². The SMILES string of the molecule is CCNC(c1cc(Cl)ccc1OC)C1CCCCS1. The molecule has 0 spiro atoms. The van der Waals surface area contributed by atoms with E-state index in [2.05, 4.69) is 24.0 Å². The van der Waals surface area contributed by atoms with Crippen LogP contribution in [0.25, 0.3) is 0 Å². The smallest absolute Gasteiger partial charge is 0.123 e. The fourth-order valence-corrected chi connectivity index (χ4v) is 4.26. The summed E-state index contributed by atoms with van der Waals surface area (Å²) in [5.41, 5.74) is 1.19. The Morgan fingerprint density at radius 1 is 1.47 bits per heavy atom. The van der Waals surface area contributed by atoms with Gasteiger partial charge in [-0.15, -0.1) is 0 Å². The lowest BCUT2D eigenvalue weighted by molar-refractivity contribution is 0.394. The van der Waals surface area contributed by atoms with Gasteiger partial charge in [0.25, 0.3) is 0 Å². The highest BCUT2D eigenvalue weighted by molar-refractivity contribution is 8.00. The van der Waals surface area contributed by atoms with Crippen molar-refractivity contribution in [3.63, 3.8) is 0 Å². The normalized spacial score (nSPS) is 21.1. The molecule has 2 nitrogen and oxygen atoms in total. The first kappa shape index (κ1) is 15.0. The van der Waals surface area contributed by atoms with Gasteiger partial charge < -0.3 is 10.1 Å². The van der Waals surface area contributed by atoms with Crippen LogP contribution < -0.4 is 10.1 Å². The number of thioether (sulfide) groups is 1. The van der Waals surface area contributed by atoms with Gasteiger partial charge in [0.15, 0.2) is 0 Å². The molecule has 2 atom stereocenters. The topological polar surface area (TPSA) is 21.3 Å². The van der Waals surface area contributed by atoms with E-state index in [1.165, 1.54) is 30.6 Å². The summed E-state index contributed by atoms with van der Waals surface area (Å²) in [6, 6.07) is 6.23. The van der Waals surface area contributed by atoms with E-state index in [0.717, 1.165) is 17.3 Å². The predicted molar refractivity (Wildman–Crippen MR) is 84.5 cm³/mol. The second-order valence-corrected chi connectivity index (χ2v) is 6.61. The van der Waals surface area contributed by atoms with Crippen molar-refractivity contribution >= 4 is 23.4 Å². The van der Waals surface area contributed by atoms with E-state index in [9.17, 15) is 0 Å². The van der Waals surface area contributed by atoms with E-state index < -0.39 is 0 Å². The Kier molecular flexibility index (Phi) is 5.86. The van der Waals surface area contributed by atoms with Crippen molar-refractivity contribution in [1.82, 2.24) is 5.32 Å². The first-order valence-corrected chi connectivity index (χ1v) is 8.37. The third-order valence-corrected chi connectivity index (χ3v) is 5.23. The molecule has 2 rings (SSSR count). The highest BCUT2D eigenvalue weighted by Gasteiger charge is 2.27. The molecular weight excluding hydrogens is 278 g/mol. The Morgan fingerprint density at radius 3 is 2.95 bits per heavy atom. The zero-order chi connectivity index (χ0) is 13.7. The lowest BCUT2D eigenvalue weighted by Crippen LogP contribution is -2.32. The molecule has 2 unspecified atom stereocenters. The van der Waals surface area contributed by atoms with Gasteiger partial charge in [-0.1, -0.05) is 24.9 Å². The van der Waals surface area contributed by atoms with Gasteiger partial charge in [0, 0.05) is 21.9 Å². The van der Waals surface area contributed by atoms with Crippen molar-refractivity contribution in [2.75, 3.05) is 19.4 Å². The summed E-state index contributed by atoms with van der Waals surface area (Å²) in [5.74, 6) is 2.19. The fourth-order valence-electron chi connectivity index (χ4n) is 2.64. The Hall–Kier alpha value is -0.380. The second-order valence-electron chi connectivity index (χ2n) is 4.83. The minimum atomic E-state index is 0.323. The Bertz CT molecular complexity index is 407. The number of hydrogen-bond donors (Lipinski definition) is 1. The number of hydrogen-bond acceptors (Lipinski definition) is 3. The summed E-state index contributed by atoms with van der Waals surface area (Å²) in [6.07, 6.45) is 3.92. The third-order valence-electron chi connectivity index (χ3n) is 3.54. The van der Waals surface area contributed by atoms with Gasteiger partial charge in [0.1, 0.15) is 5.75 Å². The van der Waals surface area contributed by atoms with Crippen molar-refractivity contribution in [1.29, 1.82) is 0 Å². The molecule has 1 aromatic carbocycles. The average Bonchev–Trinajstić information content (AvgIpc) is 2.45. The van der Waals surface area contributed by atoms with E-state index >= 15 is 0 Å². The highest BCUT2D eigenvalue weighted by atomic mass is 35.5. The minimum Gasteiger partial charge on any atom is -0.496 e. The van der Waals surface area contributed by atoms with Crippen LogP contribution in [-0.4, -0.2) is 24.7 Å². The molecule has 1 heterocycles. The van der Waals surface area contributed by atoms with Crippen LogP contribution in [0.15, 0.2) is 18.2 Å². The molecule has 1 aliphatic rings. The van der Waals surface area contributed by atoms with Crippen molar-refractivity contribution in [2.45, 2.75) is 37.5 Å². The first-order valence-electron chi connectivity index (χ1n) is 6.94. The average molecular weight is 300 g/mol. The molecule has 0 bridgehead atoms. The van der Waals surface area contributed by atoms with E-state index in [1.54, 1.807) is 7.11 Å². The van der Waals surface area contributed by atoms with Gasteiger partial charge in [0.05, 0.1) is 7.11 Å². The molecule has 0 aromatic heterocycles. The summed E-state index contributed by atoms with van der Waals surface area (Å²) < 4.78 is 5.51. The lowest BCUT2D eigenvalue weighted by atomic mass is 9.98. The number of rotatable bonds is 5. The van der Waals surface area contributed by atoms with E-state index in [0.29, 0.717) is 11.3 Å². The zero-order valence-electron chi connectivity index (χ0n) is 11.6. The van der Waals surface area contributed by atoms with E-state index in [4.69, 9.17) is 16.3 Å². The zero-order valence-corrected chi connectivity index (χ0v) is 13.2. The second kappa shape index (κ2) is 7.41. The maximum absolute atomic E-state index is 6.17. The summed E-state index contributed by atoms with van der Waals surface area (Å²) in [7, 11) is 1.73. The molecule has 1 N–H and O–H groups in total. The van der Waals surface area contributed by atoms with E-state index in [1.807, 2.05) is 18.2 Å². The highest BCUT2D eigenvalue weighted by Crippen LogP contribution is 2.38. The van der Waals surface area contributed by atoms with Crippen LogP contribution in [0.3, 0.4) is 0 Å². The quantitative estimate of drug-likeness (QED) is 0.876. The predicted octanol–water partition coefficient (Wildman–Crippen LogP) is 4.28. The van der Waals surface area contributed by atoms with Crippen LogP contribution in [-0.2, 0) is 0 Å². The van der Waals surface area contributed by atoms with Crippen LogP contribution in [0.1, 0.15) is 37.8 Å². The standard InChI is InChI=1S/C15H22ClNOS/c1-3-17-15(14-6-4-5-9-19-14)12-10-11(16)7-8-13(12)18-2/h7-8,10,14-15,17H,3-6,9H2,1-2H3. The molecule has 4 heteroatoms. The van der Waals surface area contributed by atoms with Crippen LogP contribution >= 0.6 is 23.4 Å². The molecule has 1 saturated heterocycles. The van der Waals surface area contributed by atoms with Gasteiger partial charge in [0.2, 0.25) is 0 Å². The Morgan fingerprint density at radius 2 is 2.32 bits per heavy atom. The fraction of sp³-hybridized carbons (Fsp3) is 0.600. The molecule has 19 heavy (non-hydrogen) atoms. The summed E-state index contributed by atoms with van der Waals surface area (Å²) in [4.78, 5) is 0. The maximum atomic E-state index is 6.17. The van der Waals surface area contributed by atoms with Crippen molar-refractivity contribution in [2.24, 2.45) is 0 Å². The lowest BCUT2D eigenvalue weighted by Gasteiger charge is -2.31. The molecule has 0 radical (unpaired) electrons. The Balaban J connectivity index is 2.28. The number of benzene rings is 1. The van der Waals surface area contributed by atoms with E-state index in [-0.39, 0.29) is 0 Å². The van der Waals surface area contributed by atoms with Crippen LogP contribution in [0, 0.1) is 0 Å². The van der Waals surface area contributed by atoms with Crippen LogP contribution in [0.5, 0.6) is 5.75 Å². The summed E-state index contributed by atoms with van der Waals surface area (Å²) >= 11 is 8.24. The summed E-state index contributed by atoms with van der Waals surface area (Å²) in [5, 5.41) is 5.00. The van der Waals surface area contributed by atoms with Crippen molar-refractivity contribution < 1.29 is 4.74 Å². The van der Waals surface area contributed by atoms with Gasteiger partial charge >= 0.3 is 0 Å². The minimum absolute atomic E-state index is 0.323. The monoisotopic (exact) mass is 299 g/mol. The molecule has 0 aliphatic carbocycles. The number of nitrogens with one attached hydrogen (secondary N) is 1. The van der Waals surface area contributed by atoms with Gasteiger partial charge in [-0.25, -0.2) is 0 Å². The first-order chi connectivity index (χ1) is 9.26. The third kappa shape index (κ3) is 3.80. The largest absolute Gasteiger partial charge is 0.496 e. The van der Waals surface area contributed by atoms with Gasteiger partial charge in [-0.05, 0) is 43.3 Å². The number of ether oxygens (including phenoxy) is 1. The molecule has 0 saturated carbocycles. The van der Waals surface area contributed by atoms with Crippen LogP contribution in [0.4, 0.5) is 0 Å². The molecule has 1 aliphatic heterocycles. The molecule has 1 aromatic rings. The van der Waals surface area contributed by atoms with Crippen molar-refractivity contribution in [3.05, 3.63) is 28.8 Å². The number of methoxy groups -OCH3 is 1. The molecule has 1 fully saturated rings. The van der Waals surface area contributed by atoms with Crippen molar-refractivity contribution in [3.8, 4) is 5.75 Å². The molecular formula is C15H22ClNOS. The van der Waals surface area contributed by atoms with Crippen LogP contribution in [0.2, 0.25) is 5.02 Å².